The summed E-state index contributed by atoms with van der Waals surface area (Å²) in [5.41, 5.74) is 17.0. The van der Waals surface area contributed by atoms with Crippen LogP contribution in [0.1, 0.15) is 113 Å². The summed E-state index contributed by atoms with van der Waals surface area (Å²) in [6.07, 6.45) is 5.15. The second kappa shape index (κ2) is 25.2. The monoisotopic (exact) mass is 984 g/mol. The van der Waals surface area contributed by atoms with Crippen LogP contribution in [0, 0.1) is 11.6 Å². The van der Waals surface area contributed by atoms with Crippen LogP contribution >= 0.6 is 0 Å². The maximum absolute atomic E-state index is 13.4. The Kier molecular flexibility index (Phi) is 20.7. The molecule has 1 atom stereocenters. The topological polar surface area (TPSA) is 270 Å². The molecule has 2 aromatic heterocycles. The summed E-state index contributed by atoms with van der Waals surface area (Å²) in [6, 6.07) is 7.48. The molecule has 2 fully saturated rings. The zero-order valence-corrected chi connectivity index (χ0v) is 40.7. The fourth-order valence-electron chi connectivity index (χ4n) is 6.55. The molecule has 4 aromatic rings. The number of nitrogens with one attached hydrogen (secondary N) is 1. The van der Waals surface area contributed by atoms with E-state index in [0.717, 1.165) is 44.1 Å². The van der Waals surface area contributed by atoms with Gasteiger partial charge in [0.1, 0.15) is 46.0 Å². The second-order valence-electron chi connectivity index (χ2n) is 17.6. The number of carbonyl (C=O) groups is 4. The number of nitrogen functional groups attached to an aromatic ring is 2. The smallest absolute Gasteiger partial charge is 0.410 e. The third kappa shape index (κ3) is 16.9. The summed E-state index contributed by atoms with van der Waals surface area (Å²) < 4.78 is 59.0. The number of ether oxygens (including phenoxy) is 4. The van der Waals surface area contributed by atoms with Gasteiger partial charge in [0.05, 0.1) is 47.3 Å². The summed E-state index contributed by atoms with van der Waals surface area (Å²) in [6.45, 7) is 15.4. The van der Waals surface area contributed by atoms with Crippen LogP contribution in [0.15, 0.2) is 53.9 Å². The van der Waals surface area contributed by atoms with Crippen molar-refractivity contribution in [1.82, 2.24) is 29.7 Å². The van der Waals surface area contributed by atoms with Crippen LogP contribution in [0.4, 0.5) is 36.0 Å². The molecule has 69 heavy (non-hydrogen) atoms. The van der Waals surface area contributed by atoms with E-state index in [0.29, 0.717) is 37.6 Å². The van der Waals surface area contributed by atoms with Crippen LogP contribution in [0.5, 0.6) is 11.5 Å². The van der Waals surface area contributed by atoms with E-state index < -0.39 is 45.2 Å². The number of nitrogens with two attached hydrogens (primary N) is 3. The quantitative estimate of drug-likeness (QED) is 0.0940. The Morgan fingerprint density at radius 1 is 0.710 bits per heavy atom. The van der Waals surface area contributed by atoms with Crippen LogP contribution in [0.2, 0.25) is 0 Å². The molecule has 7 N–H and O–H groups in total. The van der Waals surface area contributed by atoms with Crippen molar-refractivity contribution in [3.8, 4) is 11.5 Å². The van der Waals surface area contributed by atoms with Gasteiger partial charge in [0.2, 0.25) is 22.7 Å². The third-order valence-electron chi connectivity index (χ3n) is 10.1. The fourth-order valence-corrected chi connectivity index (χ4v) is 7.18. The number of nitrogens with zero attached hydrogens (tertiary/aromatic N) is 6. The lowest BCUT2D eigenvalue weighted by atomic mass is 10.0. The number of ketones is 2. The van der Waals surface area contributed by atoms with Crippen molar-refractivity contribution in [2.45, 2.75) is 110 Å². The Bertz CT molecular complexity index is 2440. The van der Waals surface area contributed by atoms with Gasteiger partial charge in [0, 0.05) is 68.5 Å². The van der Waals surface area contributed by atoms with E-state index >= 15 is 0 Å². The van der Waals surface area contributed by atoms with Crippen molar-refractivity contribution in [3.63, 3.8) is 0 Å². The standard InChI is InChI=1S/C22H28FN5O4.C14H14FN3O3S.C10H20N2O2.CH4/c1-22(2,3)32-21(30)28-9-7-14(8-10-28)26-20-25-12-16(19(24)27-20)18(29)15-6-5-13(23)11-17(15)31-4;1-3-22(20)14-17-7-10(13(16)18-14)12(19)9-5-4-8(15)6-11(9)21-2;1-10(2,3)14-9(13)12-6-4-8(11)5-7-12;/h5-6,11-12,14H,7-10H2,1-4H3,(H3,24,25,26,27);4-7H,3H2,1-2H3,(H2,16,17,18);8H,4-7,11H2,1-3H3;1H4. The molecule has 0 aliphatic carbocycles. The largest absolute Gasteiger partial charge is 0.496 e. The molecule has 2 amide bonds. The first-order chi connectivity index (χ1) is 31.9. The van der Waals surface area contributed by atoms with Gasteiger partial charge in [-0.15, -0.1) is 0 Å². The summed E-state index contributed by atoms with van der Waals surface area (Å²) in [4.78, 5) is 68.7. The molecule has 19 nitrogen and oxygen atoms in total. The van der Waals surface area contributed by atoms with Crippen molar-refractivity contribution >= 4 is 52.1 Å². The number of halogens is 2. The highest BCUT2D eigenvalue weighted by Gasteiger charge is 2.29. The molecule has 2 aliphatic rings. The first kappa shape index (κ1) is 56.8. The van der Waals surface area contributed by atoms with E-state index in [1.54, 1.807) is 16.7 Å². The van der Waals surface area contributed by atoms with E-state index in [1.165, 1.54) is 44.8 Å². The number of aromatic nitrogens is 4. The minimum Gasteiger partial charge on any atom is -0.496 e. The predicted molar refractivity (Wildman–Crippen MR) is 259 cm³/mol. The number of rotatable bonds is 10. The Morgan fingerprint density at radius 3 is 1.52 bits per heavy atom. The van der Waals surface area contributed by atoms with Gasteiger partial charge in [0.15, 0.2) is 0 Å². The molecular weight excluding hydrogens is 919 g/mol. The summed E-state index contributed by atoms with van der Waals surface area (Å²) >= 11 is 0. The molecule has 1 unspecified atom stereocenters. The molecule has 0 saturated carbocycles. The number of hydrogen-bond acceptors (Lipinski definition) is 17. The highest BCUT2D eigenvalue weighted by Crippen LogP contribution is 2.27. The highest BCUT2D eigenvalue weighted by molar-refractivity contribution is 7.84. The van der Waals surface area contributed by atoms with Crippen LogP contribution < -0.4 is 32.0 Å². The van der Waals surface area contributed by atoms with Crippen LogP contribution in [0.3, 0.4) is 0 Å². The molecule has 2 aliphatic heterocycles. The molecule has 6 rings (SSSR count). The lowest BCUT2D eigenvalue weighted by Crippen LogP contribution is -2.44. The Hall–Kier alpha value is -6.55. The van der Waals surface area contributed by atoms with Crippen molar-refractivity contribution in [2.24, 2.45) is 5.73 Å². The predicted octanol–water partition coefficient (Wildman–Crippen LogP) is 6.79. The van der Waals surface area contributed by atoms with E-state index in [-0.39, 0.29) is 82.2 Å². The average molecular weight is 985 g/mol. The molecule has 0 spiro atoms. The van der Waals surface area contributed by atoms with Gasteiger partial charge in [-0.1, -0.05) is 14.4 Å². The molecule has 0 bridgehead atoms. The zero-order valence-electron chi connectivity index (χ0n) is 39.9. The molecule has 378 valence electrons. The van der Waals surface area contributed by atoms with Gasteiger partial charge >= 0.3 is 12.2 Å². The molecule has 4 heterocycles. The Balaban J connectivity index is 0.000000295. The van der Waals surface area contributed by atoms with Gasteiger partial charge in [-0.25, -0.2) is 33.3 Å². The number of hydrogen-bond donors (Lipinski definition) is 4. The van der Waals surface area contributed by atoms with Crippen molar-refractivity contribution in [2.75, 3.05) is 62.9 Å². The van der Waals surface area contributed by atoms with Gasteiger partial charge in [0.25, 0.3) is 0 Å². The number of methoxy groups -OCH3 is 2. The maximum Gasteiger partial charge on any atom is 0.410 e. The van der Waals surface area contributed by atoms with Crippen molar-refractivity contribution in [1.29, 1.82) is 0 Å². The second-order valence-corrected chi connectivity index (χ2v) is 19.3. The molecule has 2 aromatic carbocycles. The molecular formula is C47H66F2N10O9S. The van der Waals surface area contributed by atoms with Gasteiger partial charge in [-0.05, 0) is 91.5 Å². The van der Waals surface area contributed by atoms with Crippen LogP contribution in [0.25, 0.3) is 0 Å². The minimum atomic E-state index is -1.36. The number of piperidine rings is 2. The number of carbonyl (C=O) groups excluding carboxylic acids is 4. The van der Waals surface area contributed by atoms with E-state index in [1.807, 2.05) is 41.5 Å². The summed E-state index contributed by atoms with van der Waals surface area (Å²) in [7, 11) is 1.32. The Morgan fingerprint density at radius 2 is 1.13 bits per heavy atom. The van der Waals surface area contributed by atoms with Gasteiger partial charge in [-0.2, -0.15) is 4.98 Å². The van der Waals surface area contributed by atoms with Crippen LogP contribution in [-0.2, 0) is 20.3 Å². The molecule has 0 radical (unpaired) electrons. The minimum absolute atomic E-state index is 0. The lowest BCUT2D eigenvalue weighted by Gasteiger charge is -2.33. The number of anilines is 3. The third-order valence-corrected chi connectivity index (χ3v) is 11.2. The molecule has 22 heteroatoms. The molecule has 2 saturated heterocycles. The maximum atomic E-state index is 13.4. The van der Waals surface area contributed by atoms with E-state index in [9.17, 15) is 32.2 Å². The number of amides is 2. The van der Waals surface area contributed by atoms with Gasteiger partial charge < -0.3 is 51.3 Å². The van der Waals surface area contributed by atoms with E-state index in [4.69, 9.17) is 36.1 Å². The zero-order chi connectivity index (χ0) is 50.5. The number of likely N-dealkylation sites (tertiary alicyclic amines) is 2. The highest BCUT2D eigenvalue weighted by atomic mass is 32.2. The van der Waals surface area contributed by atoms with Crippen LogP contribution in [-0.4, -0.2) is 127 Å². The van der Waals surface area contributed by atoms with Crippen molar-refractivity contribution < 1.29 is 51.1 Å². The fraction of sp³-hybridized carbons (Fsp3) is 0.489. The average Bonchev–Trinajstić information content (AvgIpc) is 3.28. The Labute approximate surface area is 404 Å². The number of benzene rings is 2. The summed E-state index contributed by atoms with van der Waals surface area (Å²) in [5, 5.41) is 3.27. The van der Waals surface area contributed by atoms with Crippen molar-refractivity contribution in [3.05, 3.63) is 82.7 Å². The first-order valence-corrected chi connectivity index (χ1v) is 23.1. The summed E-state index contributed by atoms with van der Waals surface area (Å²) in [5.74, 6) is -1.24. The first-order valence-electron chi connectivity index (χ1n) is 21.8. The SMILES string of the molecule is C.CC(C)(C)OC(=O)N1CCC(N)CC1.CCS(=O)c1ncc(C(=O)c2ccc(F)cc2OC)c(N)n1.COc1cc(F)ccc1C(=O)c1cnc(NC2CCN(C(=O)OC(C)(C)C)CC2)nc1N. The lowest BCUT2D eigenvalue weighted by molar-refractivity contribution is 0.0197. The normalized spacial score (nSPS) is 14.6. The van der Waals surface area contributed by atoms with Gasteiger partial charge in [-0.3, -0.25) is 13.8 Å². The van der Waals surface area contributed by atoms with E-state index in [2.05, 4.69) is 25.3 Å².